The van der Waals surface area contributed by atoms with E-state index < -0.39 is 5.41 Å². The van der Waals surface area contributed by atoms with E-state index >= 15 is 0 Å². The topological polar surface area (TPSA) is 50.2 Å². The van der Waals surface area contributed by atoms with Gasteiger partial charge >= 0.3 is 0 Å². The number of amides is 1. The van der Waals surface area contributed by atoms with Gasteiger partial charge in [0, 0.05) is 18.3 Å². The molecule has 4 rings (SSSR count). The quantitative estimate of drug-likeness (QED) is 0.725. The van der Waals surface area contributed by atoms with Crippen LogP contribution in [0.5, 0.6) is 0 Å². The molecule has 1 amide bonds. The van der Waals surface area contributed by atoms with Crippen LogP contribution in [0, 0.1) is 5.82 Å². The molecule has 1 saturated heterocycles. The molecule has 0 atom stereocenters. The summed E-state index contributed by atoms with van der Waals surface area (Å²) in [6, 6.07) is 16.3. The number of halogens is 1. The zero-order valence-corrected chi connectivity index (χ0v) is 16.5. The molecule has 2 aromatic carbocycles. The van der Waals surface area contributed by atoms with E-state index in [2.05, 4.69) is 22.4 Å². The largest absolute Gasteiger partial charge is 0.351 e. The predicted octanol–water partition coefficient (Wildman–Crippen LogP) is 3.29. The van der Waals surface area contributed by atoms with Crippen LogP contribution in [0.15, 0.2) is 67.0 Å². The number of carbonyl (C=O) groups is 1. The van der Waals surface area contributed by atoms with Crippen LogP contribution in [0.3, 0.4) is 0 Å². The Balaban J connectivity index is 1.49. The van der Waals surface area contributed by atoms with Crippen molar-refractivity contribution in [2.24, 2.45) is 0 Å². The standard InChI is InChI=1S/C23H25FN4O/c1-27-12-10-23(11-13-27,19-6-3-2-4-7-19)22(29)25-15-18-16-26-28(17-18)21-9-5-8-20(24)14-21/h2-9,14,16-17H,10-13,15H2,1H3,(H,25,29). The summed E-state index contributed by atoms with van der Waals surface area (Å²) in [4.78, 5) is 15.6. The van der Waals surface area contributed by atoms with Gasteiger partial charge in [0.05, 0.1) is 17.3 Å². The Labute approximate surface area is 170 Å². The first-order chi connectivity index (χ1) is 14.1. The molecule has 1 aliphatic heterocycles. The van der Waals surface area contributed by atoms with E-state index in [-0.39, 0.29) is 11.7 Å². The Bertz CT molecular complexity index is 977. The fourth-order valence-electron chi connectivity index (χ4n) is 3.97. The van der Waals surface area contributed by atoms with E-state index in [1.54, 1.807) is 23.0 Å². The summed E-state index contributed by atoms with van der Waals surface area (Å²) in [7, 11) is 2.09. The van der Waals surface area contributed by atoms with E-state index in [4.69, 9.17) is 0 Å². The van der Waals surface area contributed by atoms with Crippen molar-refractivity contribution in [2.75, 3.05) is 20.1 Å². The third-order valence-corrected chi connectivity index (χ3v) is 5.76. The second kappa shape index (κ2) is 8.17. The molecule has 3 aromatic rings. The number of carbonyl (C=O) groups excluding carboxylic acids is 1. The zero-order chi connectivity index (χ0) is 20.3. The lowest BCUT2D eigenvalue weighted by Gasteiger charge is -2.39. The highest BCUT2D eigenvalue weighted by molar-refractivity contribution is 5.88. The van der Waals surface area contributed by atoms with E-state index in [1.165, 1.54) is 12.1 Å². The molecule has 6 heteroatoms. The van der Waals surface area contributed by atoms with Gasteiger partial charge in [0.25, 0.3) is 0 Å². The maximum absolute atomic E-state index is 13.4. The van der Waals surface area contributed by atoms with Gasteiger partial charge in [-0.2, -0.15) is 5.10 Å². The van der Waals surface area contributed by atoms with Crippen molar-refractivity contribution in [3.63, 3.8) is 0 Å². The van der Waals surface area contributed by atoms with Crippen molar-refractivity contribution in [3.05, 3.63) is 83.9 Å². The molecule has 5 nitrogen and oxygen atoms in total. The summed E-state index contributed by atoms with van der Waals surface area (Å²) >= 11 is 0. The summed E-state index contributed by atoms with van der Waals surface area (Å²) in [6.45, 7) is 2.16. The van der Waals surface area contributed by atoms with Gasteiger partial charge in [0.1, 0.15) is 5.82 Å². The highest BCUT2D eigenvalue weighted by atomic mass is 19.1. The molecule has 1 aliphatic rings. The second-order valence-corrected chi connectivity index (χ2v) is 7.71. The maximum atomic E-state index is 13.4. The van der Waals surface area contributed by atoms with Crippen LogP contribution in [0.1, 0.15) is 24.0 Å². The summed E-state index contributed by atoms with van der Waals surface area (Å²) in [5, 5.41) is 7.41. The molecule has 0 unspecified atom stereocenters. The molecular formula is C23H25FN4O. The van der Waals surface area contributed by atoms with E-state index in [9.17, 15) is 9.18 Å². The van der Waals surface area contributed by atoms with Crippen LogP contribution < -0.4 is 5.32 Å². The molecular weight excluding hydrogens is 367 g/mol. The Kier molecular flexibility index (Phi) is 5.45. The molecule has 1 N–H and O–H groups in total. The molecule has 0 bridgehead atoms. The predicted molar refractivity (Wildman–Crippen MR) is 110 cm³/mol. The summed E-state index contributed by atoms with van der Waals surface area (Å²) in [5.74, 6) is -0.254. The minimum atomic E-state index is -0.508. The van der Waals surface area contributed by atoms with Gasteiger partial charge in [-0.25, -0.2) is 9.07 Å². The first-order valence-corrected chi connectivity index (χ1v) is 9.89. The Hall–Kier alpha value is -2.99. The number of rotatable bonds is 5. The van der Waals surface area contributed by atoms with E-state index in [1.807, 2.05) is 36.5 Å². The van der Waals surface area contributed by atoms with Gasteiger partial charge in [-0.15, -0.1) is 0 Å². The molecule has 29 heavy (non-hydrogen) atoms. The number of nitrogens with zero attached hydrogens (tertiary/aromatic N) is 3. The fourth-order valence-corrected chi connectivity index (χ4v) is 3.97. The number of aromatic nitrogens is 2. The average Bonchev–Trinajstić information content (AvgIpc) is 3.23. The number of hydrogen-bond donors (Lipinski definition) is 1. The van der Waals surface area contributed by atoms with Crippen molar-refractivity contribution >= 4 is 5.91 Å². The third-order valence-electron chi connectivity index (χ3n) is 5.76. The SMILES string of the molecule is CN1CCC(C(=O)NCc2cnn(-c3cccc(F)c3)c2)(c2ccccc2)CC1. The molecule has 1 aromatic heterocycles. The first kappa shape index (κ1) is 19.3. The van der Waals surface area contributed by atoms with Crippen LogP contribution in [-0.4, -0.2) is 40.7 Å². The third kappa shape index (κ3) is 4.07. The van der Waals surface area contributed by atoms with Crippen molar-refractivity contribution in [3.8, 4) is 5.69 Å². The minimum absolute atomic E-state index is 0.0512. The van der Waals surface area contributed by atoms with Gasteiger partial charge in [0.2, 0.25) is 5.91 Å². The number of hydrogen-bond acceptors (Lipinski definition) is 3. The molecule has 0 saturated carbocycles. The highest BCUT2D eigenvalue weighted by Crippen LogP contribution is 2.35. The van der Waals surface area contributed by atoms with Crippen LogP contribution in [0.2, 0.25) is 0 Å². The van der Waals surface area contributed by atoms with Gasteiger partial charge in [-0.1, -0.05) is 36.4 Å². The van der Waals surface area contributed by atoms with Crippen molar-refractivity contribution in [2.45, 2.75) is 24.8 Å². The van der Waals surface area contributed by atoms with Gasteiger partial charge < -0.3 is 10.2 Å². The van der Waals surface area contributed by atoms with Crippen LogP contribution >= 0.6 is 0 Å². The summed E-state index contributed by atoms with van der Waals surface area (Å²) < 4.78 is 15.1. The normalized spacial score (nSPS) is 16.5. The van der Waals surface area contributed by atoms with Crippen LogP contribution in [0.25, 0.3) is 5.69 Å². The summed E-state index contributed by atoms with van der Waals surface area (Å²) in [5.41, 5.74) is 2.09. The zero-order valence-electron chi connectivity index (χ0n) is 16.5. The minimum Gasteiger partial charge on any atom is -0.351 e. The average molecular weight is 392 g/mol. The van der Waals surface area contributed by atoms with Crippen LogP contribution in [0.4, 0.5) is 4.39 Å². The molecule has 0 aliphatic carbocycles. The lowest BCUT2D eigenvalue weighted by atomic mass is 9.72. The number of nitrogens with one attached hydrogen (secondary N) is 1. The Morgan fingerprint density at radius 3 is 2.62 bits per heavy atom. The van der Waals surface area contributed by atoms with Gasteiger partial charge in [0.15, 0.2) is 0 Å². The number of likely N-dealkylation sites (tertiary alicyclic amines) is 1. The van der Waals surface area contributed by atoms with Crippen molar-refractivity contribution in [1.82, 2.24) is 20.0 Å². The maximum Gasteiger partial charge on any atom is 0.231 e. The van der Waals surface area contributed by atoms with Crippen molar-refractivity contribution < 1.29 is 9.18 Å². The number of benzene rings is 2. The lowest BCUT2D eigenvalue weighted by Crippen LogP contribution is -2.50. The van der Waals surface area contributed by atoms with E-state index in [0.717, 1.165) is 37.1 Å². The second-order valence-electron chi connectivity index (χ2n) is 7.71. The van der Waals surface area contributed by atoms with Gasteiger partial charge in [-0.3, -0.25) is 4.79 Å². The monoisotopic (exact) mass is 392 g/mol. The molecule has 2 heterocycles. The lowest BCUT2D eigenvalue weighted by molar-refractivity contribution is -0.128. The number of piperidine rings is 1. The fraction of sp³-hybridized carbons (Fsp3) is 0.304. The van der Waals surface area contributed by atoms with Crippen molar-refractivity contribution in [1.29, 1.82) is 0 Å². The molecule has 150 valence electrons. The Morgan fingerprint density at radius 1 is 1.14 bits per heavy atom. The summed E-state index contributed by atoms with van der Waals surface area (Å²) in [6.07, 6.45) is 5.11. The Morgan fingerprint density at radius 2 is 1.90 bits per heavy atom. The van der Waals surface area contributed by atoms with E-state index in [0.29, 0.717) is 12.2 Å². The molecule has 1 fully saturated rings. The highest BCUT2D eigenvalue weighted by Gasteiger charge is 2.42. The first-order valence-electron chi connectivity index (χ1n) is 9.89. The van der Waals surface area contributed by atoms with Crippen LogP contribution in [-0.2, 0) is 16.8 Å². The van der Waals surface area contributed by atoms with Gasteiger partial charge in [-0.05, 0) is 56.7 Å². The smallest absolute Gasteiger partial charge is 0.231 e. The molecule has 0 spiro atoms. The molecule has 0 radical (unpaired) electrons.